The Labute approximate surface area is 118 Å². The van der Waals surface area contributed by atoms with Crippen LogP contribution in [0, 0.1) is 11.8 Å². The molecule has 3 atom stereocenters. The standard InChI is InChI=1S/C16H19NO3/c1-10-9-13(10)16(19)20-14(11-5-3-2-4-6-11)15(18)17-12-7-8-12/h2-6,10,12-14H,7-9H2,1H3,(H,17,18)/t10-,13+,14-/m0/s1. The Bertz CT molecular complexity index is 510. The average molecular weight is 273 g/mol. The van der Waals surface area contributed by atoms with E-state index in [1.54, 1.807) is 0 Å². The second-order valence-corrected chi connectivity index (χ2v) is 5.83. The maximum absolute atomic E-state index is 12.3. The van der Waals surface area contributed by atoms with Crippen LogP contribution in [-0.2, 0) is 14.3 Å². The van der Waals surface area contributed by atoms with Gasteiger partial charge in [-0.15, -0.1) is 0 Å². The van der Waals surface area contributed by atoms with Crippen LogP contribution in [0.15, 0.2) is 30.3 Å². The van der Waals surface area contributed by atoms with E-state index in [0.717, 1.165) is 24.8 Å². The molecule has 1 aromatic carbocycles. The topological polar surface area (TPSA) is 55.4 Å². The van der Waals surface area contributed by atoms with Gasteiger partial charge in [-0.2, -0.15) is 0 Å². The fraction of sp³-hybridized carbons (Fsp3) is 0.500. The minimum atomic E-state index is -0.822. The molecule has 1 aromatic rings. The third-order valence-electron chi connectivity index (χ3n) is 3.91. The van der Waals surface area contributed by atoms with E-state index in [-0.39, 0.29) is 23.8 Å². The maximum Gasteiger partial charge on any atom is 0.310 e. The molecule has 0 radical (unpaired) electrons. The summed E-state index contributed by atoms with van der Waals surface area (Å²) in [6.07, 6.45) is 2.07. The molecule has 0 saturated heterocycles. The van der Waals surface area contributed by atoms with E-state index in [2.05, 4.69) is 5.32 Å². The summed E-state index contributed by atoms with van der Waals surface area (Å²) in [6.45, 7) is 2.02. The van der Waals surface area contributed by atoms with Crippen molar-refractivity contribution in [1.29, 1.82) is 0 Å². The highest BCUT2D eigenvalue weighted by molar-refractivity contribution is 5.86. The van der Waals surface area contributed by atoms with Crippen molar-refractivity contribution in [3.8, 4) is 0 Å². The highest BCUT2D eigenvalue weighted by Gasteiger charge is 2.42. The molecule has 106 valence electrons. The van der Waals surface area contributed by atoms with E-state index in [1.165, 1.54) is 0 Å². The zero-order valence-electron chi connectivity index (χ0n) is 11.5. The summed E-state index contributed by atoms with van der Waals surface area (Å²) in [5, 5.41) is 2.91. The first kappa shape index (κ1) is 13.2. The molecule has 2 fully saturated rings. The number of hydrogen-bond donors (Lipinski definition) is 1. The van der Waals surface area contributed by atoms with Crippen molar-refractivity contribution < 1.29 is 14.3 Å². The number of hydrogen-bond acceptors (Lipinski definition) is 3. The van der Waals surface area contributed by atoms with Crippen molar-refractivity contribution in [2.75, 3.05) is 0 Å². The predicted octanol–water partition coefficient (Wildman–Crippen LogP) is 2.21. The van der Waals surface area contributed by atoms with Crippen molar-refractivity contribution in [3.63, 3.8) is 0 Å². The minimum absolute atomic E-state index is 0.0325. The molecular weight excluding hydrogens is 254 g/mol. The SMILES string of the molecule is C[C@H]1C[C@H]1C(=O)O[C@H](C(=O)NC1CC1)c1ccccc1. The van der Waals surface area contributed by atoms with Gasteiger partial charge in [-0.05, 0) is 25.2 Å². The highest BCUT2D eigenvalue weighted by atomic mass is 16.5. The lowest BCUT2D eigenvalue weighted by molar-refractivity contribution is -0.158. The van der Waals surface area contributed by atoms with Crippen molar-refractivity contribution in [1.82, 2.24) is 5.32 Å². The lowest BCUT2D eigenvalue weighted by Crippen LogP contribution is -2.33. The predicted molar refractivity (Wildman–Crippen MR) is 73.7 cm³/mol. The number of ether oxygens (including phenoxy) is 1. The maximum atomic E-state index is 12.3. The highest BCUT2D eigenvalue weighted by Crippen LogP contribution is 2.39. The summed E-state index contributed by atoms with van der Waals surface area (Å²) in [6, 6.07) is 9.47. The molecule has 2 saturated carbocycles. The van der Waals surface area contributed by atoms with Gasteiger partial charge in [0.25, 0.3) is 5.91 Å². The van der Waals surface area contributed by atoms with Gasteiger partial charge in [-0.1, -0.05) is 37.3 Å². The molecule has 0 bridgehead atoms. The Kier molecular flexibility index (Phi) is 3.47. The van der Waals surface area contributed by atoms with Crippen LogP contribution in [0.3, 0.4) is 0 Å². The Morgan fingerprint density at radius 3 is 2.45 bits per heavy atom. The molecule has 0 aromatic heterocycles. The van der Waals surface area contributed by atoms with Crippen molar-refractivity contribution in [2.45, 2.75) is 38.3 Å². The van der Waals surface area contributed by atoms with Gasteiger partial charge in [0.2, 0.25) is 6.10 Å². The van der Waals surface area contributed by atoms with Crippen LogP contribution in [-0.4, -0.2) is 17.9 Å². The summed E-state index contributed by atoms with van der Waals surface area (Å²) in [7, 11) is 0. The fourth-order valence-corrected chi connectivity index (χ4v) is 2.26. The number of benzene rings is 1. The van der Waals surface area contributed by atoms with E-state index < -0.39 is 6.10 Å². The molecule has 20 heavy (non-hydrogen) atoms. The average Bonchev–Trinajstić information content (AvgIpc) is 3.35. The molecule has 0 heterocycles. The first-order valence-corrected chi connectivity index (χ1v) is 7.21. The van der Waals surface area contributed by atoms with Crippen molar-refractivity contribution in [3.05, 3.63) is 35.9 Å². The second-order valence-electron chi connectivity index (χ2n) is 5.83. The molecule has 0 unspecified atom stereocenters. The summed E-state index contributed by atoms with van der Waals surface area (Å²) < 4.78 is 5.47. The summed E-state index contributed by atoms with van der Waals surface area (Å²) in [4.78, 5) is 24.3. The van der Waals surface area contributed by atoms with E-state index in [1.807, 2.05) is 37.3 Å². The summed E-state index contributed by atoms with van der Waals surface area (Å²) >= 11 is 0. The lowest BCUT2D eigenvalue weighted by atomic mass is 10.1. The van der Waals surface area contributed by atoms with Crippen LogP contribution in [0.1, 0.15) is 37.9 Å². The Balaban J connectivity index is 1.72. The number of amides is 1. The molecule has 1 N–H and O–H groups in total. The normalized spacial score (nSPS) is 25.6. The van der Waals surface area contributed by atoms with Crippen LogP contribution < -0.4 is 5.32 Å². The monoisotopic (exact) mass is 273 g/mol. The fourth-order valence-electron chi connectivity index (χ4n) is 2.26. The van der Waals surface area contributed by atoms with Gasteiger partial charge in [0.15, 0.2) is 0 Å². The number of rotatable bonds is 5. The molecule has 3 rings (SSSR count). The van der Waals surface area contributed by atoms with E-state index in [9.17, 15) is 9.59 Å². The molecule has 0 aliphatic heterocycles. The van der Waals surface area contributed by atoms with Gasteiger partial charge >= 0.3 is 5.97 Å². The number of carbonyl (C=O) groups is 2. The zero-order valence-corrected chi connectivity index (χ0v) is 11.5. The van der Waals surface area contributed by atoms with Gasteiger partial charge in [-0.25, -0.2) is 0 Å². The number of carbonyl (C=O) groups excluding carboxylic acids is 2. The molecule has 1 amide bonds. The summed E-state index contributed by atoms with van der Waals surface area (Å²) in [5.74, 6) is -0.113. The molecule has 4 heteroatoms. The van der Waals surface area contributed by atoms with Gasteiger partial charge in [0, 0.05) is 11.6 Å². The van der Waals surface area contributed by atoms with Crippen molar-refractivity contribution >= 4 is 11.9 Å². The van der Waals surface area contributed by atoms with Crippen LogP contribution in [0.5, 0.6) is 0 Å². The van der Waals surface area contributed by atoms with Crippen molar-refractivity contribution in [2.24, 2.45) is 11.8 Å². The van der Waals surface area contributed by atoms with E-state index >= 15 is 0 Å². The minimum Gasteiger partial charge on any atom is -0.447 e. The van der Waals surface area contributed by atoms with E-state index in [4.69, 9.17) is 4.74 Å². The third-order valence-corrected chi connectivity index (χ3v) is 3.91. The zero-order chi connectivity index (χ0) is 14.1. The lowest BCUT2D eigenvalue weighted by Gasteiger charge is -2.18. The Hall–Kier alpha value is -1.84. The van der Waals surface area contributed by atoms with Crippen LogP contribution in [0.25, 0.3) is 0 Å². The Morgan fingerprint density at radius 1 is 1.25 bits per heavy atom. The quantitative estimate of drug-likeness (QED) is 0.837. The Morgan fingerprint density at radius 2 is 1.90 bits per heavy atom. The largest absolute Gasteiger partial charge is 0.447 e. The number of nitrogens with one attached hydrogen (secondary N) is 1. The van der Waals surface area contributed by atoms with Crippen LogP contribution in [0.4, 0.5) is 0 Å². The third kappa shape index (κ3) is 3.00. The first-order chi connectivity index (χ1) is 9.65. The first-order valence-electron chi connectivity index (χ1n) is 7.21. The van der Waals surface area contributed by atoms with E-state index in [0.29, 0.717) is 5.92 Å². The molecule has 4 nitrogen and oxygen atoms in total. The summed E-state index contributed by atoms with van der Waals surface area (Å²) in [5.41, 5.74) is 0.729. The molecular formula is C16H19NO3. The van der Waals surface area contributed by atoms with Crippen LogP contribution in [0.2, 0.25) is 0 Å². The van der Waals surface area contributed by atoms with Gasteiger partial charge < -0.3 is 10.1 Å². The molecule has 2 aliphatic rings. The van der Waals surface area contributed by atoms with Gasteiger partial charge in [0.05, 0.1) is 5.92 Å². The van der Waals surface area contributed by atoms with Gasteiger partial charge in [0.1, 0.15) is 0 Å². The second kappa shape index (κ2) is 5.27. The number of esters is 1. The smallest absolute Gasteiger partial charge is 0.310 e. The molecule has 0 spiro atoms. The van der Waals surface area contributed by atoms with Gasteiger partial charge in [-0.3, -0.25) is 9.59 Å². The van der Waals surface area contributed by atoms with Crippen LogP contribution >= 0.6 is 0 Å². The molecule has 2 aliphatic carbocycles.